The van der Waals surface area contributed by atoms with Crippen molar-refractivity contribution in [3.63, 3.8) is 0 Å². The fraction of sp³-hybridized carbons (Fsp3) is 0.267. The van der Waals surface area contributed by atoms with Gasteiger partial charge in [-0.05, 0) is 36.7 Å². The summed E-state index contributed by atoms with van der Waals surface area (Å²) in [5.41, 5.74) is 9.41. The van der Waals surface area contributed by atoms with Gasteiger partial charge in [0.2, 0.25) is 0 Å². The van der Waals surface area contributed by atoms with Crippen LogP contribution in [0.2, 0.25) is 0 Å². The monoisotopic (exact) mass is 319 g/mol. The average molecular weight is 320 g/mol. The summed E-state index contributed by atoms with van der Waals surface area (Å²) in [6.07, 6.45) is 1.71. The number of nitrogen functional groups attached to an aromatic ring is 1. The van der Waals surface area contributed by atoms with Crippen molar-refractivity contribution in [2.75, 3.05) is 12.3 Å². The number of nitrogens with zero attached hydrogens (tertiary/aromatic N) is 1. The maximum absolute atomic E-state index is 6.00. The lowest BCUT2D eigenvalue weighted by atomic mass is 9.98. The van der Waals surface area contributed by atoms with Crippen LogP contribution >= 0.6 is 15.9 Å². The van der Waals surface area contributed by atoms with E-state index in [0.29, 0.717) is 5.82 Å². The largest absolute Gasteiger partial charge is 0.383 e. The number of pyridine rings is 1. The van der Waals surface area contributed by atoms with E-state index < -0.39 is 0 Å². The van der Waals surface area contributed by atoms with Crippen LogP contribution in [-0.4, -0.2) is 11.5 Å². The first kappa shape index (κ1) is 14.0. The molecule has 4 heteroatoms. The Morgan fingerprint density at radius 3 is 2.74 bits per heavy atom. The van der Waals surface area contributed by atoms with E-state index in [2.05, 4.69) is 58.3 Å². The van der Waals surface area contributed by atoms with Crippen molar-refractivity contribution >= 4 is 21.7 Å². The quantitative estimate of drug-likeness (QED) is 0.907. The molecule has 0 saturated carbocycles. The number of nitrogens with two attached hydrogens (primary N) is 1. The Morgan fingerprint density at radius 2 is 2.11 bits per heavy atom. The molecule has 1 heterocycles. The Balaban J connectivity index is 2.48. The van der Waals surface area contributed by atoms with Crippen LogP contribution in [0.5, 0.6) is 0 Å². The molecule has 0 aliphatic heterocycles. The Hall–Kier alpha value is -1.39. The van der Waals surface area contributed by atoms with Crippen molar-refractivity contribution in [1.29, 1.82) is 0 Å². The third-order valence-electron chi connectivity index (χ3n) is 3.06. The highest BCUT2D eigenvalue weighted by Crippen LogP contribution is 2.31. The second-order valence-corrected chi connectivity index (χ2v) is 5.35. The van der Waals surface area contributed by atoms with Crippen molar-refractivity contribution in [3.05, 3.63) is 57.7 Å². The Morgan fingerprint density at radius 1 is 1.32 bits per heavy atom. The molecule has 0 radical (unpaired) electrons. The van der Waals surface area contributed by atoms with Gasteiger partial charge < -0.3 is 11.1 Å². The fourth-order valence-electron chi connectivity index (χ4n) is 2.13. The summed E-state index contributed by atoms with van der Waals surface area (Å²) in [5.74, 6) is 0.570. The van der Waals surface area contributed by atoms with Gasteiger partial charge in [0.05, 0.1) is 6.04 Å². The van der Waals surface area contributed by atoms with E-state index in [0.717, 1.165) is 16.6 Å². The molecule has 0 spiro atoms. The van der Waals surface area contributed by atoms with Gasteiger partial charge in [0.15, 0.2) is 0 Å². The number of anilines is 1. The number of nitrogens with one attached hydrogen (secondary N) is 1. The molecule has 3 N–H and O–H groups in total. The molecule has 1 unspecified atom stereocenters. The van der Waals surface area contributed by atoms with Crippen LogP contribution in [0.1, 0.15) is 29.7 Å². The van der Waals surface area contributed by atoms with Crippen LogP contribution in [0.3, 0.4) is 0 Å². The highest BCUT2D eigenvalue weighted by atomic mass is 79.9. The lowest BCUT2D eigenvalue weighted by molar-refractivity contribution is 0.628. The van der Waals surface area contributed by atoms with Gasteiger partial charge in [0, 0.05) is 16.2 Å². The molecule has 2 rings (SSSR count). The second-order valence-electron chi connectivity index (χ2n) is 4.49. The summed E-state index contributed by atoms with van der Waals surface area (Å²) in [7, 11) is 0. The zero-order valence-electron chi connectivity index (χ0n) is 11.2. The second kappa shape index (κ2) is 6.17. The predicted molar refractivity (Wildman–Crippen MR) is 83.0 cm³/mol. The predicted octanol–water partition coefficient (Wildman–Crippen LogP) is 3.43. The van der Waals surface area contributed by atoms with Crippen molar-refractivity contribution in [1.82, 2.24) is 10.3 Å². The maximum atomic E-state index is 6.00. The van der Waals surface area contributed by atoms with Gasteiger partial charge in [-0.3, -0.25) is 0 Å². The van der Waals surface area contributed by atoms with Gasteiger partial charge in [-0.25, -0.2) is 4.98 Å². The summed E-state index contributed by atoms with van der Waals surface area (Å²) < 4.78 is 1.08. The Kier molecular flexibility index (Phi) is 4.56. The molecule has 0 aliphatic carbocycles. The minimum absolute atomic E-state index is 0.0497. The number of halogens is 1. The smallest absolute Gasteiger partial charge is 0.128 e. The van der Waals surface area contributed by atoms with E-state index in [1.54, 1.807) is 6.20 Å². The highest BCUT2D eigenvalue weighted by Gasteiger charge is 2.18. The van der Waals surface area contributed by atoms with Crippen molar-refractivity contribution in [3.8, 4) is 0 Å². The van der Waals surface area contributed by atoms with Crippen LogP contribution in [0.25, 0.3) is 0 Å². The van der Waals surface area contributed by atoms with Crippen LogP contribution in [-0.2, 0) is 0 Å². The summed E-state index contributed by atoms with van der Waals surface area (Å²) in [6, 6.07) is 10.3. The molecule has 1 aromatic carbocycles. The molecule has 2 aromatic rings. The third-order valence-corrected chi connectivity index (χ3v) is 3.74. The van der Waals surface area contributed by atoms with Gasteiger partial charge in [0.1, 0.15) is 5.82 Å². The highest BCUT2D eigenvalue weighted by molar-refractivity contribution is 9.10. The number of benzene rings is 1. The van der Waals surface area contributed by atoms with Crippen LogP contribution < -0.4 is 11.1 Å². The van der Waals surface area contributed by atoms with Crippen LogP contribution in [0.4, 0.5) is 5.82 Å². The summed E-state index contributed by atoms with van der Waals surface area (Å²) >= 11 is 3.64. The van der Waals surface area contributed by atoms with E-state index in [1.165, 1.54) is 11.1 Å². The standard InChI is InChI=1S/C15H18BrN3/c1-3-18-14(12-5-4-8-19-15(12)17)11-7-6-10(2)9-13(11)16/h4-9,14,18H,3H2,1-2H3,(H2,17,19). The van der Waals surface area contributed by atoms with Gasteiger partial charge in [0.25, 0.3) is 0 Å². The van der Waals surface area contributed by atoms with Gasteiger partial charge >= 0.3 is 0 Å². The van der Waals surface area contributed by atoms with Gasteiger partial charge in [-0.15, -0.1) is 0 Å². The summed E-state index contributed by atoms with van der Waals surface area (Å²) in [5, 5.41) is 3.47. The number of aryl methyl sites for hydroxylation is 1. The van der Waals surface area contributed by atoms with E-state index in [9.17, 15) is 0 Å². The minimum Gasteiger partial charge on any atom is -0.383 e. The van der Waals surface area contributed by atoms with Crippen LogP contribution in [0, 0.1) is 6.92 Å². The van der Waals surface area contributed by atoms with Gasteiger partial charge in [-0.1, -0.05) is 41.1 Å². The molecule has 1 atom stereocenters. The topological polar surface area (TPSA) is 50.9 Å². The lowest BCUT2D eigenvalue weighted by Crippen LogP contribution is -2.23. The maximum Gasteiger partial charge on any atom is 0.128 e. The summed E-state index contributed by atoms with van der Waals surface area (Å²) in [4.78, 5) is 4.18. The number of rotatable bonds is 4. The minimum atomic E-state index is 0.0497. The molecule has 0 saturated heterocycles. The first-order valence-electron chi connectivity index (χ1n) is 6.33. The summed E-state index contributed by atoms with van der Waals surface area (Å²) in [6.45, 7) is 5.02. The molecule has 0 fully saturated rings. The Labute approximate surface area is 122 Å². The zero-order valence-corrected chi connectivity index (χ0v) is 12.7. The molecule has 1 aromatic heterocycles. The number of aromatic nitrogens is 1. The fourth-order valence-corrected chi connectivity index (χ4v) is 2.85. The molecular weight excluding hydrogens is 302 g/mol. The van der Waals surface area contributed by atoms with Crippen LogP contribution in [0.15, 0.2) is 41.0 Å². The third kappa shape index (κ3) is 3.14. The van der Waals surface area contributed by atoms with E-state index >= 15 is 0 Å². The number of hydrogen-bond donors (Lipinski definition) is 2. The normalized spacial score (nSPS) is 12.4. The SMILES string of the molecule is CCNC(c1ccc(C)cc1Br)c1cccnc1N. The molecule has 0 amide bonds. The van der Waals surface area contributed by atoms with Crippen molar-refractivity contribution in [2.24, 2.45) is 0 Å². The van der Waals surface area contributed by atoms with Gasteiger partial charge in [-0.2, -0.15) is 0 Å². The average Bonchev–Trinajstić information content (AvgIpc) is 2.38. The van der Waals surface area contributed by atoms with E-state index in [1.807, 2.05) is 12.1 Å². The van der Waals surface area contributed by atoms with Crippen molar-refractivity contribution < 1.29 is 0 Å². The number of hydrogen-bond acceptors (Lipinski definition) is 3. The molecule has 0 bridgehead atoms. The zero-order chi connectivity index (χ0) is 13.8. The van der Waals surface area contributed by atoms with E-state index in [4.69, 9.17) is 5.73 Å². The van der Waals surface area contributed by atoms with E-state index in [-0.39, 0.29) is 6.04 Å². The molecule has 3 nitrogen and oxygen atoms in total. The first-order valence-corrected chi connectivity index (χ1v) is 7.12. The Bertz CT molecular complexity index is 569. The molecule has 100 valence electrons. The molecule has 0 aliphatic rings. The molecular formula is C15H18BrN3. The lowest BCUT2D eigenvalue weighted by Gasteiger charge is -2.21. The van der Waals surface area contributed by atoms with Crippen molar-refractivity contribution in [2.45, 2.75) is 19.9 Å². The molecule has 19 heavy (non-hydrogen) atoms. The first-order chi connectivity index (χ1) is 9.13.